The number of para-hydroxylation sites is 3. The number of hydrogen-bond donors (Lipinski definition) is 0. The number of fused-ring (bicyclic) bond motifs is 12. The molecule has 0 amide bonds. The van der Waals surface area contributed by atoms with Crippen molar-refractivity contribution in [2.24, 2.45) is 0 Å². The van der Waals surface area contributed by atoms with Crippen molar-refractivity contribution in [2.45, 2.75) is 52.4 Å². The van der Waals surface area contributed by atoms with Gasteiger partial charge in [-0.3, -0.25) is 0 Å². The van der Waals surface area contributed by atoms with Crippen molar-refractivity contribution in [3.8, 4) is 22.3 Å². The molecule has 0 N–H and O–H groups in total. The molecule has 0 radical (unpaired) electrons. The zero-order valence-electron chi connectivity index (χ0n) is 35.4. The molecule has 0 bridgehead atoms. The lowest BCUT2D eigenvalue weighted by Crippen LogP contribution is -2.61. The Balaban J connectivity index is 1.29. The molecule has 5 heteroatoms. The SMILES string of the molecule is CC(C)(C)c1ccc(N2B3c4c(cc5c(oc6ccccc65)c4-c4cc(C(C)(C)C)ccc42)N(c2ccccc2-c2ccccc2)c2ccc4oc5ccccc5c4c23)cc1. The van der Waals surface area contributed by atoms with Gasteiger partial charge in [-0.15, -0.1) is 0 Å². The van der Waals surface area contributed by atoms with Crippen molar-refractivity contribution in [3.63, 3.8) is 0 Å². The quantitative estimate of drug-likeness (QED) is 0.167. The molecule has 0 spiro atoms. The molecular formula is C56H45BN2O2. The monoisotopic (exact) mass is 788 g/mol. The normalized spacial score (nSPS) is 13.6. The van der Waals surface area contributed by atoms with Gasteiger partial charge in [0.1, 0.15) is 22.3 Å². The second-order valence-corrected chi connectivity index (χ2v) is 18.9. The van der Waals surface area contributed by atoms with Crippen molar-refractivity contribution >= 4 is 90.1 Å². The number of benzene rings is 8. The van der Waals surface area contributed by atoms with Crippen LogP contribution in [0.5, 0.6) is 0 Å². The molecule has 2 aliphatic rings. The second-order valence-electron chi connectivity index (χ2n) is 18.9. The Bertz CT molecular complexity index is 3400. The number of hydrogen-bond acceptors (Lipinski definition) is 4. The Hall–Kier alpha value is -6.98. The highest BCUT2D eigenvalue weighted by Crippen LogP contribution is 2.53. The largest absolute Gasteiger partial charge is 0.456 e. The summed E-state index contributed by atoms with van der Waals surface area (Å²) in [5, 5.41) is 4.46. The molecule has 0 aliphatic carbocycles. The van der Waals surface area contributed by atoms with Gasteiger partial charge in [-0.1, -0.05) is 145 Å². The van der Waals surface area contributed by atoms with Gasteiger partial charge in [0, 0.05) is 61.0 Å². The number of nitrogens with zero attached hydrogens (tertiary/aromatic N) is 2. The van der Waals surface area contributed by atoms with Crippen molar-refractivity contribution in [3.05, 3.63) is 175 Å². The third-order valence-corrected chi connectivity index (χ3v) is 13.2. The van der Waals surface area contributed by atoms with Gasteiger partial charge in [0.25, 0.3) is 0 Å². The summed E-state index contributed by atoms with van der Waals surface area (Å²) < 4.78 is 13.9. The van der Waals surface area contributed by atoms with E-state index in [4.69, 9.17) is 8.83 Å². The topological polar surface area (TPSA) is 32.8 Å². The Morgan fingerprint density at radius 3 is 1.84 bits per heavy atom. The van der Waals surface area contributed by atoms with Crippen LogP contribution in [0.4, 0.5) is 28.4 Å². The molecule has 4 nitrogen and oxygen atoms in total. The summed E-state index contributed by atoms with van der Waals surface area (Å²) in [7, 11) is 0. The minimum absolute atomic E-state index is 0.0125. The van der Waals surface area contributed by atoms with Crippen molar-refractivity contribution < 1.29 is 8.83 Å². The molecule has 0 unspecified atom stereocenters. The number of rotatable bonds is 3. The first-order chi connectivity index (χ1) is 29.5. The maximum atomic E-state index is 7.11. The van der Waals surface area contributed by atoms with E-state index in [0.717, 1.165) is 83.4 Å². The molecule has 0 saturated carbocycles. The van der Waals surface area contributed by atoms with Gasteiger partial charge in [0.05, 0.1) is 5.69 Å². The molecule has 0 fully saturated rings. The number of furan rings is 2. The summed E-state index contributed by atoms with van der Waals surface area (Å²) in [6, 6.07) is 60.0. The summed E-state index contributed by atoms with van der Waals surface area (Å²) in [6.07, 6.45) is 0. The Labute approximate surface area is 356 Å². The molecule has 10 aromatic rings. The van der Waals surface area contributed by atoms with Crippen molar-refractivity contribution in [1.82, 2.24) is 0 Å². The van der Waals surface area contributed by atoms with E-state index in [1.54, 1.807) is 0 Å². The van der Waals surface area contributed by atoms with Gasteiger partial charge in [0.15, 0.2) is 0 Å². The van der Waals surface area contributed by atoms with Crippen molar-refractivity contribution in [1.29, 1.82) is 0 Å². The van der Waals surface area contributed by atoms with Gasteiger partial charge >= 0.3 is 6.85 Å². The van der Waals surface area contributed by atoms with Crippen LogP contribution in [-0.4, -0.2) is 6.85 Å². The van der Waals surface area contributed by atoms with E-state index in [1.807, 2.05) is 0 Å². The molecule has 2 aromatic heterocycles. The summed E-state index contributed by atoms with van der Waals surface area (Å²) in [6.45, 7) is 13.5. The standard InChI is InChI=1S/C56H45BN2O2/c1-55(2,3)35-24-27-37(28-25-35)59-44-29-26-36(56(4,5)6)32-42(44)51-53-46(33-41-39-19-11-14-22-47(39)61-54(41)51)58(43-21-13-10-18-38(43)34-16-8-7-9-17-34)45-30-31-49-50(52(45)57(53)59)40-20-12-15-23-48(40)60-49/h7-33H,1-6H3. The zero-order valence-corrected chi connectivity index (χ0v) is 35.4. The lowest BCUT2D eigenvalue weighted by molar-refractivity contribution is 0.590. The Morgan fingerprint density at radius 2 is 1.08 bits per heavy atom. The van der Waals surface area contributed by atoms with Crippen LogP contribution in [0.25, 0.3) is 66.1 Å². The summed E-state index contributed by atoms with van der Waals surface area (Å²) in [5.74, 6) is 0. The average molecular weight is 789 g/mol. The van der Waals surface area contributed by atoms with E-state index in [-0.39, 0.29) is 17.7 Å². The van der Waals surface area contributed by atoms with Gasteiger partial charge in [-0.25, -0.2) is 0 Å². The Kier molecular flexibility index (Phi) is 7.52. The third kappa shape index (κ3) is 5.26. The van der Waals surface area contributed by atoms with E-state index < -0.39 is 0 Å². The lowest BCUT2D eigenvalue weighted by Gasteiger charge is -2.46. The first-order valence-electron chi connectivity index (χ1n) is 21.5. The summed E-state index contributed by atoms with van der Waals surface area (Å²) in [4.78, 5) is 5.14. The molecule has 0 atom stereocenters. The maximum Gasteiger partial charge on any atom is 0.333 e. The van der Waals surface area contributed by atoms with Crippen LogP contribution in [-0.2, 0) is 10.8 Å². The smallest absolute Gasteiger partial charge is 0.333 e. The molecule has 294 valence electrons. The van der Waals surface area contributed by atoms with Crippen LogP contribution >= 0.6 is 0 Å². The molecule has 0 saturated heterocycles. The molecule has 12 rings (SSSR count). The summed E-state index contributed by atoms with van der Waals surface area (Å²) in [5.41, 5.74) is 18.8. The van der Waals surface area contributed by atoms with Gasteiger partial charge < -0.3 is 18.5 Å². The second kappa shape index (κ2) is 12.8. The van der Waals surface area contributed by atoms with Crippen LogP contribution < -0.4 is 20.6 Å². The first-order valence-corrected chi connectivity index (χ1v) is 21.5. The van der Waals surface area contributed by atoms with E-state index in [9.17, 15) is 0 Å². The predicted octanol–water partition coefficient (Wildman–Crippen LogP) is 14.5. The fourth-order valence-corrected chi connectivity index (χ4v) is 10.2. The fraction of sp³-hybridized carbons (Fsp3) is 0.143. The summed E-state index contributed by atoms with van der Waals surface area (Å²) >= 11 is 0. The molecule has 8 aromatic carbocycles. The van der Waals surface area contributed by atoms with E-state index >= 15 is 0 Å². The minimum Gasteiger partial charge on any atom is -0.456 e. The van der Waals surface area contributed by atoms with Crippen LogP contribution in [0.15, 0.2) is 173 Å². The van der Waals surface area contributed by atoms with E-state index in [1.165, 1.54) is 33.2 Å². The van der Waals surface area contributed by atoms with Gasteiger partial charge in [-0.05, 0) is 99.1 Å². The minimum atomic E-state index is -0.240. The average Bonchev–Trinajstić information content (AvgIpc) is 3.84. The predicted molar refractivity (Wildman–Crippen MR) is 258 cm³/mol. The van der Waals surface area contributed by atoms with Crippen molar-refractivity contribution in [2.75, 3.05) is 9.71 Å². The lowest BCUT2D eigenvalue weighted by atomic mass is 9.42. The highest BCUT2D eigenvalue weighted by Gasteiger charge is 2.48. The molecule has 61 heavy (non-hydrogen) atoms. The van der Waals surface area contributed by atoms with E-state index in [2.05, 4.69) is 215 Å². The fourth-order valence-electron chi connectivity index (χ4n) is 10.2. The van der Waals surface area contributed by atoms with Crippen LogP contribution in [0.2, 0.25) is 0 Å². The maximum absolute atomic E-state index is 7.11. The Morgan fingerprint density at radius 1 is 0.443 bits per heavy atom. The molecule has 2 aliphatic heterocycles. The molecular weight excluding hydrogens is 743 g/mol. The zero-order chi connectivity index (χ0) is 41.4. The van der Waals surface area contributed by atoms with E-state index in [0.29, 0.717) is 0 Å². The van der Waals surface area contributed by atoms with Crippen LogP contribution in [0.3, 0.4) is 0 Å². The number of anilines is 5. The highest BCUT2D eigenvalue weighted by molar-refractivity contribution is 6.95. The molecule has 4 heterocycles. The first kappa shape index (κ1) is 35.9. The van der Waals surface area contributed by atoms with Gasteiger partial charge in [-0.2, -0.15) is 0 Å². The van der Waals surface area contributed by atoms with Crippen LogP contribution in [0, 0.1) is 0 Å². The third-order valence-electron chi connectivity index (χ3n) is 13.2. The van der Waals surface area contributed by atoms with Gasteiger partial charge in [0.2, 0.25) is 0 Å². The highest BCUT2D eigenvalue weighted by atomic mass is 16.3. The van der Waals surface area contributed by atoms with Crippen LogP contribution in [0.1, 0.15) is 52.7 Å².